The Morgan fingerprint density at radius 2 is 1.77 bits per heavy atom. The highest BCUT2D eigenvalue weighted by molar-refractivity contribution is 7.17. The van der Waals surface area contributed by atoms with Gasteiger partial charge in [-0.05, 0) is 37.8 Å². The summed E-state index contributed by atoms with van der Waals surface area (Å²) in [5.74, 6) is 1.60. The number of imidazole rings is 1. The molecule has 7 heteroatoms. The number of thiazole rings is 1. The number of methoxy groups -OCH3 is 3. The monoisotopic (exact) mass is 372 g/mol. The summed E-state index contributed by atoms with van der Waals surface area (Å²) in [5, 5.41) is 0. The van der Waals surface area contributed by atoms with Gasteiger partial charge in [0.2, 0.25) is 5.75 Å². The van der Waals surface area contributed by atoms with Gasteiger partial charge >= 0.3 is 0 Å². The lowest BCUT2D eigenvalue weighted by Gasteiger charge is -2.14. The highest BCUT2D eigenvalue weighted by Crippen LogP contribution is 2.42. The minimum atomic E-state index is 0.518. The molecule has 6 nitrogen and oxygen atoms in total. The lowest BCUT2D eigenvalue weighted by Crippen LogP contribution is -2.05. The van der Waals surface area contributed by atoms with E-state index in [0.29, 0.717) is 28.6 Å². The van der Waals surface area contributed by atoms with E-state index in [-0.39, 0.29) is 0 Å². The number of nitrogens with zero attached hydrogens (tertiary/aromatic N) is 2. The number of carbonyl (C=O) groups is 1. The Morgan fingerprint density at radius 1 is 1.08 bits per heavy atom. The van der Waals surface area contributed by atoms with Gasteiger partial charge in [0.1, 0.15) is 11.4 Å². The predicted octanol–water partition coefficient (Wildman–Crippen LogP) is 3.78. The fourth-order valence-corrected chi connectivity index (χ4v) is 4.81. The summed E-state index contributed by atoms with van der Waals surface area (Å²) in [6.07, 6.45) is 5.30. The van der Waals surface area contributed by atoms with Crippen LogP contribution in [-0.2, 0) is 12.8 Å². The first-order chi connectivity index (χ1) is 12.7. The summed E-state index contributed by atoms with van der Waals surface area (Å²) in [5.41, 5.74) is 3.21. The van der Waals surface area contributed by atoms with Crippen LogP contribution in [0.3, 0.4) is 0 Å². The fraction of sp³-hybridized carbons (Fsp3) is 0.368. The molecule has 0 unspecified atom stereocenters. The molecule has 4 rings (SSSR count). The lowest BCUT2D eigenvalue weighted by atomic mass is 10.0. The molecule has 0 radical (unpaired) electrons. The molecule has 0 fully saturated rings. The predicted molar refractivity (Wildman–Crippen MR) is 100 cm³/mol. The van der Waals surface area contributed by atoms with E-state index in [1.165, 1.54) is 17.0 Å². The molecular formula is C19H20N2O4S. The van der Waals surface area contributed by atoms with Gasteiger partial charge in [-0.25, -0.2) is 4.98 Å². The standard InChI is InChI=1S/C19H20N2O4S/c1-23-14-8-11(9-15(24-2)18(14)25-3)17-13(10-22)21-12-6-4-5-7-16(12)26-19(21)20-17/h8-10H,4-7H2,1-3H3. The van der Waals surface area contributed by atoms with E-state index in [1.54, 1.807) is 32.7 Å². The largest absolute Gasteiger partial charge is 0.493 e. The van der Waals surface area contributed by atoms with Crippen molar-refractivity contribution in [2.24, 2.45) is 0 Å². The van der Waals surface area contributed by atoms with E-state index in [1.807, 2.05) is 16.5 Å². The van der Waals surface area contributed by atoms with E-state index in [9.17, 15) is 4.79 Å². The van der Waals surface area contributed by atoms with Crippen molar-refractivity contribution >= 4 is 22.6 Å². The maximum Gasteiger partial charge on any atom is 0.203 e. The summed E-state index contributed by atoms with van der Waals surface area (Å²) in [4.78, 5) is 18.9. The molecule has 0 saturated carbocycles. The van der Waals surface area contributed by atoms with Crippen LogP contribution in [0.1, 0.15) is 33.9 Å². The first-order valence-corrected chi connectivity index (χ1v) is 9.32. The Kier molecular flexibility index (Phi) is 4.32. The smallest absolute Gasteiger partial charge is 0.203 e. The first-order valence-electron chi connectivity index (χ1n) is 8.50. The van der Waals surface area contributed by atoms with E-state index in [2.05, 4.69) is 0 Å². The molecule has 0 aliphatic heterocycles. The van der Waals surface area contributed by atoms with Crippen molar-refractivity contribution < 1.29 is 19.0 Å². The van der Waals surface area contributed by atoms with Crippen molar-refractivity contribution in [1.82, 2.24) is 9.38 Å². The van der Waals surface area contributed by atoms with Crippen molar-refractivity contribution in [3.63, 3.8) is 0 Å². The van der Waals surface area contributed by atoms with Crippen molar-refractivity contribution in [3.8, 4) is 28.5 Å². The summed E-state index contributed by atoms with van der Waals surface area (Å²) in [6.45, 7) is 0. The number of aryl methyl sites for hydroxylation is 2. The van der Waals surface area contributed by atoms with Crippen molar-refractivity contribution in [1.29, 1.82) is 0 Å². The molecule has 2 aromatic heterocycles. The van der Waals surface area contributed by atoms with Gasteiger partial charge in [-0.3, -0.25) is 9.20 Å². The molecule has 0 atom stereocenters. The third-order valence-electron chi connectivity index (χ3n) is 4.81. The molecule has 0 bridgehead atoms. The second-order valence-corrected chi connectivity index (χ2v) is 7.24. The molecular weight excluding hydrogens is 352 g/mol. The van der Waals surface area contributed by atoms with E-state index < -0.39 is 0 Å². The summed E-state index contributed by atoms with van der Waals surface area (Å²) >= 11 is 1.68. The minimum Gasteiger partial charge on any atom is -0.493 e. The molecule has 26 heavy (non-hydrogen) atoms. The summed E-state index contributed by atoms with van der Waals surface area (Å²) in [7, 11) is 4.71. The molecule has 1 aliphatic rings. The molecule has 136 valence electrons. The Balaban J connectivity index is 1.94. The van der Waals surface area contributed by atoms with Crippen LogP contribution in [0.5, 0.6) is 17.2 Å². The highest BCUT2D eigenvalue weighted by Gasteiger charge is 2.24. The number of rotatable bonds is 5. The normalized spacial score (nSPS) is 13.5. The number of benzene rings is 1. The first kappa shape index (κ1) is 16.9. The number of hydrogen-bond donors (Lipinski definition) is 0. The summed E-state index contributed by atoms with van der Waals surface area (Å²) in [6, 6.07) is 3.65. The van der Waals surface area contributed by atoms with Gasteiger partial charge in [0.25, 0.3) is 0 Å². The second-order valence-electron chi connectivity index (χ2n) is 6.17. The number of hydrogen-bond acceptors (Lipinski definition) is 6. The Labute approximate surface area is 155 Å². The molecule has 0 spiro atoms. The van der Waals surface area contributed by atoms with E-state index in [4.69, 9.17) is 19.2 Å². The fourth-order valence-electron chi connectivity index (χ4n) is 3.60. The van der Waals surface area contributed by atoms with Gasteiger partial charge < -0.3 is 14.2 Å². The van der Waals surface area contributed by atoms with Crippen LogP contribution in [-0.4, -0.2) is 37.0 Å². The molecule has 0 N–H and O–H groups in total. The zero-order valence-corrected chi connectivity index (χ0v) is 15.8. The maximum absolute atomic E-state index is 11.9. The lowest BCUT2D eigenvalue weighted by molar-refractivity contribution is 0.111. The molecule has 2 heterocycles. The molecule has 1 aromatic carbocycles. The average Bonchev–Trinajstić information content (AvgIpc) is 3.22. The average molecular weight is 372 g/mol. The maximum atomic E-state index is 11.9. The van der Waals surface area contributed by atoms with Crippen LogP contribution < -0.4 is 14.2 Å². The van der Waals surface area contributed by atoms with Gasteiger partial charge in [0, 0.05) is 16.1 Å². The molecule has 0 saturated heterocycles. The molecule has 3 aromatic rings. The molecule has 1 aliphatic carbocycles. The SMILES string of the molecule is COc1cc(-c2nc3sc4c(n3c2C=O)CCCC4)cc(OC)c1OC. The van der Waals surface area contributed by atoms with Crippen molar-refractivity contribution in [3.05, 3.63) is 28.4 Å². The zero-order chi connectivity index (χ0) is 18.3. The number of aldehydes is 1. The van der Waals surface area contributed by atoms with Crippen molar-refractivity contribution in [2.45, 2.75) is 25.7 Å². The third kappa shape index (κ3) is 2.46. The van der Waals surface area contributed by atoms with Gasteiger partial charge in [-0.15, -0.1) is 11.3 Å². The van der Waals surface area contributed by atoms with E-state index in [0.717, 1.165) is 36.1 Å². The van der Waals surface area contributed by atoms with Gasteiger partial charge in [0.15, 0.2) is 22.7 Å². The van der Waals surface area contributed by atoms with E-state index >= 15 is 0 Å². The van der Waals surface area contributed by atoms with Crippen LogP contribution in [0.25, 0.3) is 16.2 Å². The van der Waals surface area contributed by atoms with Crippen LogP contribution >= 0.6 is 11.3 Å². The molecule has 0 amide bonds. The summed E-state index contributed by atoms with van der Waals surface area (Å²) < 4.78 is 18.3. The Hall–Kier alpha value is -2.54. The van der Waals surface area contributed by atoms with Crippen LogP contribution in [0, 0.1) is 0 Å². The number of carbonyl (C=O) groups excluding carboxylic acids is 1. The highest BCUT2D eigenvalue weighted by atomic mass is 32.1. The number of ether oxygens (including phenoxy) is 3. The Morgan fingerprint density at radius 3 is 2.38 bits per heavy atom. The Bertz CT molecular complexity index is 964. The third-order valence-corrected chi connectivity index (χ3v) is 5.95. The van der Waals surface area contributed by atoms with Gasteiger partial charge in [-0.1, -0.05) is 0 Å². The quantitative estimate of drug-likeness (QED) is 0.638. The van der Waals surface area contributed by atoms with Gasteiger partial charge in [0.05, 0.1) is 21.3 Å². The second kappa shape index (κ2) is 6.64. The number of aromatic nitrogens is 2. The van der Waals surface area contributed by atoms with Crippen molar-refractivity contribution in [2.75, 3.05) is 21.3 Å². The number of fused-ring (bicyclic) bond motifs is 3. The van der Waals surface area contributed by atoms with Gasteiger partial charge in [-0.2, -0.15) is 0 Å². The zero-order valence-electron chi connectivity index (χ0n) is 15.0. The minimum absolute atomic E-state index is 0.518. The van der Waals surface area contributed by atoms with Crippen LogP contribution in [0.2, 0.25) is 0 Å². The topological polar surface area (TPSA) is 62.1 Å². The van der Waals surface area contributed by atoms with Crippen LogP contribution in [0.15, 0.2) is 12.1 Å². The van der Waals surface area contributed by atoms with Crippen LogP contribution in [0.4, 0.5) is 0 Å².